The number of hydrogen-bond acceptors (Lipinski definition) is 2. The third-order valence-corrected chi connectivity index (χ3v) is 2.96. The van der Waals surface area contributed by atoms with E-state index in [9.17, 15) is 4.79 Å². The summed E-state index contributed by atoms with van der Waals surface area (Å²) < 4.78 is 0. The summed E-state index contributed by atoms with van der Waals surface area (Å²) in [6.07, 6.45) is 11.8. The highest BCUT2D eigenvalue weighted by molar-refractivity contribution is 5.81. The van der Waals surface area contributed by atoms with Crippen LogP contribution in [0.15, 0.2) is 0 Å². The van der Waals surface area contributed by atoms with E-state index in [4.69, 9.17) is 12.2 Å². The number of amides is 1. The van der Waals surface area contributed by atoms with E-state index in [1.165, 1.54) is 32.1 Å². The van der Waals surface area contributed by atoms with E-state index in [0.29, 0.717) is 12.3 Å². The van der Waals surface area contributed by atoms with Gasteiger partial charge in [0.15, 0.2) is 0 Å². The average molecular weight is 208 g/mol. The SMILES string of the molecule is C#CCC(N)C(=O)NCC1CCCCC1. The van der Waals surface area contributed by atoms with Gasteiger partial charge in [0.1, 0.15) is 0 Å². The molecule has 0 aromatic heterocycles. The second-order valence-corrected chi connectivity index (χ2v) is 4.26. The van der Waals surface area contributed by atoms with E-state index in [2.05, 4.69) is 11.2 Å². The standard InChI is InChI=1S/C12H20N2O/c1-2-6-11(13)12(15)14-9-10-7-4-3-5-8-10/h1,10-11H,3-9,13H2,(H,14,15). The monoisotopic (exact) mass is 208 g/mol. The Hall–Kier alpha value is -1.01. The molecule has 1 aliphatic rings. The Labute approximate surface area is 91.8 Å². The molecule has 0 aliphatic heterocycles. The molecule has 1 atom stereocenters. The van der Waals surface area contributed by atoms with Crippen LogP contribution in [0.3, 0.4) is 0 Å². The molecule has 1 unspecified atom stereocenters. The van der Waals surface area contributed by atoms with Crippen LogP contribution in [0.5, 0.6) is 0 Å². The van der Waals surface area contributed by atoms with Gasteiger partial charge in [-0.15, -0.1) is 12.3 Å². The number of hydrogen-bond donors (Lipinski definition) is 2. The van der Waals surface area contributed by atoms with Crippen LogP contribution in [-0.2, 0) is 4.79 Å². The maximum atomic E-state index is 11.4. The van der Waals surface area contributed by atoms with Crippen LogP contribution in [0, 0.1) is 18.3 Å². The van der Waals surface area contributed by atoms with Gasteiger partial charge < -0.3 is 11.1 Å². The molecule has 84 valence electrons. The second kappa shape index (κ2) is 6.47. The Morgan fingerprint density at radius 3 is 2.73 bits per heavy atom. The molecule has 15 heavy (non-hydrogen) atoms. The lowest BCUT2D eigenvalue weighted by atomic mass is 9.89. The summed E-state index contributed by atoms with van der Waals surface area (Å²) in [6, 6.07) is -0.543. The Morgan fingerprint density at radius 1 is 1.47 bits per heavy atom. The third kappa shape index (κ3) is 4.35. The maximum Gasteiger partial charge on any atom is 0.237 e. The molecule has 1 rings (SSSR count). The molecule has 0 saturated heterocycles. The fourth-order valence-corrected chi connectivity index (χ4v) is 1.99. The highest BCUT2D eigenvalue weighted by Gasteiger charge is 2.16. The van der Waals surface area contributed by atoms with Crippen LogP contribution in [0.4, 0.5) is 0 Å². The van der Waals surface area contributed by atoms with E-state index >= 15 is 0 Å². The van der Waals surface area contributed by atoms with Crippen molar-refractivity contribution in [3.05, 3.63) is 0 Å². The normalized spacial score (nSPS) is 19.2. The van der Waals surface area contributed by atoms with Crippen LogP contribution in [0.1, 0.15) is 38.5 Å². The minimum absolute atomic E-state index is 0.112. The molecular formula is C12H20N2O. The lowest BCUT2D eigenvalue weighted by molar-refractivity contribution is -0.122. The molecule has 0 spiro atoms. The number of rotatable bonds is 4. The minimum Gasteiger partial charge on any atom is -0.354 e. The zero-order valence-corrected chi connectivity index (χ0v) is 9.17. The molecule has 0 aromatic carbocycles. The van der Waals surface area contributed by atoms with Gasteiger partial charge in [0.25, 0.3) is 0 Å². The third-order valence-electron chi connectivity index (χ3n) is 2.96. The van der Waals surface area contributed by atoms with E-state index in [1.807, 2.05) is 0 Å². The predicted molar refractivity (Wildman–Crippen MR) is 61.0 cm³/mol. The van der Waals surface area contributed by atoms with Crippen molar-refractivity contribution < 1.29 is 4.79 Å². The van der Waals surface area contributed by atoms with Crippen LogP contribution >= 0.6 is 0 Å². The quantitative estimate of drug-likeness (QED) is 0.678. The van der Waals surface area contributed by atoms with Gasteiger partial charge in [-0.2, -0.15) is 0 Å². The second-order valence-electron chi connectivity index (χ2n) is 4.26. The number of nitrogens with two attached hydrogens (primary N) is 1. The zero-order valence-electron chi connectivity index (χ0n) is 9.17. The molecule has 3 nitrogen and oxygen atoms in total. The minimum atomic E-state index is -0.543. The van der Waals surface area contributed by atoms with Crippen molar-refractivity contribution in [2.24, 2.45) is 11.7 Å². The predicted octanol–water partition coefficient (Wildman–Crippen LogP) is 1.03. The van der Waals surface area contributed by atoms with E-state index in [1.54, 1.807) is 0 Å². The number of nitrogens with one attached hydrogen (secondary N) is 1. The molecule has 0 aromatic rings. The molecule has 1 amide bonds. The molecule has 0 heterocycles. The van der Waals surface area contributed by atoms with Crippen molar-refractivity contribution >= 4 is 5.91 Å². The first-order chi connectivity index (χ1) is 7.24. The highest BCUT2D eigenvalue weighted by atomic mass is 16.2. The van der Waals surface area contributed by atoms with Gasteiger partial charge in [0, 0.05) is 13.0 Å². The lowest BCUT2D eigenvalue weighted by Crippen LogP contribution is -2.42. The smallest absolute Gasteiger partial charge is 0.237 e. The zero-order chi connectivity index (χ0) is 11.1. The van der Waals surface area contributed by atoms with Gasteiger partial charge in [-0.1, -0.05) is 19.3 Å². The molecule has 0 bridgehead atoms. The Balaban J connectivity index is 2.18. The van der Waals surface area contributed by atoms with Gasteiger partial charge in [-0.3, -0.25) is 4.79 Å². The van der Waals surface area contributed by atoms with Gasteiger partial charge in [0.05, 0.1) is 6.04 Å². The van der Waals surface area contributed by atoms with Crippen molar-refractivity contribution in [1.82, 2.24) is 5.32 Å². The van der Waals surface area contributed by atoms with E-state index in [0.717, 1.165) is 6.54 Å². The largest absolute Gasteiger partial charge is 0.354 e. The maximum absolute atomic E-state index is 11.4. The summed E-state index contributed by atoms with van der Waals surface area (Å²) >= 11 is 0. The highest BCUT2D eigenvalue weighted by Crippen LogP contribution is 2.22. The van der Waals surface area contributed by atoms with E-state index in [-0.39, 0.29) is 5.91 Å². The van der Waals surface area contributed by atoms with Crippen molar-refractivity contribution in [2.75, 3.05) is 6.54 Å². The topological polar surface area (TPSA) is 55.1 Å². The molecule has 3 N–H and O–H groups in total. The molecule has 0 radical (unpaired) electrons. The van der Waals surface area contributed by atoms with Crippen LogP contribution in [0.25, 0.3) is 0 Å². The lowest BCUT2D eigenvalue weighted by Gasteiger charge is -2.22. The molecule has 3 heteroatoms. The fourth-order valence-electron chi connectivity index (χ4n) is 1.99. The summed E-state index contributed by atoms with van der Waals surface area (Å²) in [5.41, 5.74) is 5.59. The number of carbonyl (C=O) groups excluding carboxylic acids is 1. The first-order valence-corrected chi connectivity index (χ1v) is 5.70. The van der Waals surface area contributed by atoms with Crippen molar-refractivity contribution in [2.45, 2.75) is 44.6 Å². The van der Waals surface area contributed by atoms with E-state index < -0.39 is 6.04 Å². The van der Waals surface area contributed by atoms with Crippen molar-refractivity contribution in [1.29, 1.82) is 0 Å². The fraction of sp³-hybridized carbons (Fsp3) is 0.750. The van der Waals surface area contributed by atoms with Crippen LogP contribution in [0.2, 0.25) is 0 Å². The molecule has 1 aliphatic carbocycles. The Kier molecular flexibility index (Phi) is 5.20. The van der Waals surface area contributed by atoms with Crippen molar-refractivity contribution in [3.8, 4) is 12.3 Å². The molecular weight excluding hydrogens is 188 g/mol. The summed E-state index contributed by atoms with van der Waals surface area (Å²) in [5, 5.41) is 2.88. The summed E-state index contributed by atoms with van der Waals surface area (Å²) in [7, 11) is 0. The average Bonchev–Trinajstić information content (AvgIpc) is 2.27. The summed E-state index contributed by atoms with van der Waals surface area (Å²) in [5.74, 6) is 2.93. The van der Waals surface area contributed by atoms with Gasteiger partial charge >= 0.3 is 0 Å². The molecule has 1 saturated carbocycles. The number of carbonyl (C=O) groups is 1. The van der Waals surface area contributed by atoms with Gasteiger partial charge in [-0.05, 0) is 18.8 Å². The Bertz CT molecular complexity index is 238. The first kappa shape index (κ1) is 12.1. The number of terminal acetylenes is 1. The van der Waals surface area contributed by atoms with Crippen molar-refractivity contribution in [3.63, 3.8) is 0 Å². The Morgan fingerprint density at radius 2 is 2.13 bits per heavy atom. The van der Waals surface area contributed by atoms with Crippen LogP contribution < -0.4 is 11.1 Å². The summed E-state index contributed by atoms with van der Waals surface area (Å²) in [4.78, 5) is 11.4. The summed E-state index contributed by atoms with van der Waals surface area (Å²) in [6.45, 7) is 0.761. The van der Waals surface area contributed by atoms with Crippen LogP contribution in [-0.4, -0.2) is 18.5 Å². The first-order valence-electron chi connectivity index (χ1n) is 5.70. The molecule has 1 fully saturated rings. The van der Waals surface area contributed by atoms with Gasteiger partial charge in [-0.25, -0.2) is 0 Å². The van der Waals surface area contributed by atoms with Gasteiger partial charge in [0.2, 0.25) is 5.91 Å².